The number of nitrogens with zero attached hydrogens (tertiary/aromatic N) is 2. The van der Waals surface area contributed by atoms with Gasteiger partial charge in [-0.1, -0.05) is 11.6 Å². The number of ether oxygens (including phenoxy) is 1. The molecule has 1 aliphatic heterocycles. The Morgan fingerprint density at radius 3 is 3.04 bits per heavy atom. The molecule has 0 saturated carbocycles. The van der Waals surface area contributed by atoms with Crippen LogP contribution in [0, 0.1) is 0 Å². The zero-order valence-electron chi connectivity index (χ0n) is 14.5. The maximum atomic E-state index is 13.0. The average molecular weight is 370 g/mol. The number of nitrogens with one attached hydrogen (secondary N) is 1. The lowest BCUT2D eigenvalue weighted by molar-refractivity contribution is 0.0702. The van der Waals surface area contributed by atoms with Crippen molar-refractivity contribution in [2.24, 2.45) is 0 Å². The molecule has 6 heteroatoms. The molecule has 1 amide bonds. The summed E-state index contributed by atoms with van der Waals surface area (Å²) in [6.07, 6.45) is 3.80. The third kappa shape index (κ3) is 3.15. The van der Waals surface area contributed by atoms with Crippen molar-refractivity contribution in [1.29, 1.82) is 0 Å². The van der Waals surface area contributed by atoms with Crippen LogP contribution in [0.1, 0.15) is 34.8 Å². The Balaban J connectivity index is 1.58. The Morgan fingerprint density at radius 2 is 2.23 bits per heavy atom. The van der Waals surface area contributed by atoms with E-state index in [0.29, 0.717) is 22.9 Å². The molecule has 1 fully saturated rings. The van der Waals surface area contributed by atoms with Gasteiger partial charge in [-0.15, -0.1) is 0 Å². The van der Waals surface area contributed by atoms with Gasteiger partial charge in [0.1, 0.15) is 5.75 Å². The normalized spacial score (nSPS) is 17.5. The van der Waals surface area contributed by atoms with Gasteiger partial charge in [-0.3, -0.25) is 9.78 Å². The molecule has 1 atom stereocenters. The summed E-state index contributed by atoms with van der Waals surface area (Å²) < 4.78 is 5.34. The number of carbonyl (C=O) groups excluding carboxylic acids is 1. The van der Waals surface area contributed by atoms with E-state index in [-0.39, 0.29) is 11.8 Å². The van der Waals surface area contributed by atoms with Gasteiger partial charge >= 0.3 is 0 Å². The third-order valence-electron chi connectivity index (χ3n) is 4.95. The van der Waals surface area contributed by atoms with E-state index < -0.39 is 0 Å². The van der Waals surface area contributed by atoms with Gasteiger partial charge < -0.3 is 14.6 Å². The molecule has 5 nitrogen and oxygen atoms in total. The van der Waals surface area contributed by atoms with Crippen LogP contribution in [-0.4, -0.2) is 41.0 Å². The average Bonchev–Trinajstić information content (AvgIpc) is 3.12. The molecule has 134 valence electrons. The van der Waals surface area contributed by atoms with Crippen LogP contribution in [0.15, 0.2) is 42.6 Å². The number of halogens is 1. The van der Waals surface area contributed by atoms with Crippen LogP contribution in [0.3, 0.4) is 0 Å². The molecule has 2 aromatic heterocycles. The molecule has 0 unspecified atom stereocenters. The van der Waals surface area contributed by atoms with Crippen LogP contribution in [0.2, 0.25) is 5.02 Å². The van der Waals surface area contributed by atoms with Crippen molar-refractivity contribution < 1.29 is 9.53 Å². The van der Waals surface area contributed by atoms with E-state index in [1.807, 2.05) is 17.0 Å². The fourth-order valence-corrected chi connectivity index (χ4v) is 3.80. The topological polar surface area (TPSA) is 58.2 Å². The summed E-state index contributed by atoms with van der Waals surface area (Å²) in [5, 5.41) is 0.532. The summed E-state index contributed by atoms with van der Waals surface area (Å²) >= 11 is 6.09. The molecule has 1 aliphatic rings. The van der Waals surface area contributed by atoms with E-state index >= 15 is 0 Å². The smallest absolute Gasteiger partial charge is 0.257 e. The Hall–Kier alpha value is -2.53. The lowest BCUT2D eigenvalue weighted by Crippen LogP contribution is -2.39. The zero-order valence-corrected chi connectivity index (χ0v) is 15.3. The number of likely N-dealkylation sites (tertiary alicyclic amines) is 1. The third-order valence-corrected chi connectivity index (χ3v) is 5.19. The van der Waals surface area contributed by atoms with Crippen molar-refractivity contribution in [3.63, 3.8) is 0 Å². The molecule has 1 aromatic carbocycles. The number of piperidine rings is 1. The highest BCUT2D eigenvalue weighted by Crippen LogP contribution is 2.31. The minimum atomic E-state index is -0.0386. The fourth-order valence-electron chi connectivity index (χ4n) is 3.63. The lowest BCUT2D eigenvalue weighted by atomic mass is 9.94. The van der Waals surface area contributed by atoms with Crippen LogP contribution in [0.5, 0.6) is 5.75 Å². The number of aromatic nitrogens is 2. The van der Waals surface area contributed by atoms with Crippen LogP contribution >= 0.6 is 11.6 Å². The van der Waals surface area contributed by atoms with E-state index in [1.165, 1.54) is 0 Å². The number of carbonyl (C=O) groups is 1. The standard InChI is InChI=1S/C20H20ClN3O2/c1-26-19-7-6-14(21)10-15(19)20(25)24-9-3-4-13(12-24)17-11-18-16(23-17)5-2-8-22-18/h2,5-8,10-11,13,23H,3-4,9,12H2,1H3/t13-/m1/s1. The van der Waals surface area contributed by atoms with Crippen molar-refractivity contribution in [2.45, 2.75) is 18.8 Å². The quantitative estimate of drug-likeness (QED) is 0.751. The van der Waals surface area contributed by atoms with Gasteiger partial charge in [-0.25, -0.2) is 0 Å². The summed E-state index contributed by atoms with van der Waals surface area (Å²) in [4.78, 5) is 22.8. The summed E-state index contributed by atoms with van der Waals surface area (Å²) in [7, 11) is 1.57. The summed E-state index contributed by atoms with van der Waals surface area (Å²) in [5.74, 6) is 0.784. The molecule has 1 saturated heterocycles. The number of fused-ring (bicyclic) bond motifs is 1. The molecule has 4 rings (SSSR count). The van der Waals surface area contributed by atoms with E-state index in [4.69, 9.17) is 16.3 Å². The highest BCUT2D eigenvalue weighted by atomic mass is 35.5. The van der Waals surface area contributed by atoms with Gasteiger partial charge in [0.15, 0.2) is 0 Å². The highest BCUT2D eigenvalue weighted by Gasteiger charge is 2.28. The molecular formula is C20H20ClN3O2. The molecule has 3 heterocycles. The van der Waals surface area contributed by atoms with E-state index in [0.717, 1.165) is 36.1 Å². The molecule has 1 N–H and O–H groups in total. The number of benzene rings is 1. The number of aromatic amines is 1. The molecule has 0 spiro atoms. The second-order valence-electron chi connectivity index (χ2n) is 6.60. The molecule has 3 aromatic rings. The molecule has 26 heavy (non-hydrogen) atoms. The number of hydrogen-bond acceptors (Lipinski definition) is 3. The monoisotopic (exact) mass is 369 g/mol. The Bertz CT molecular complexity index is 920. The van der Waals surface area contributed by atoms with Crippen LogP contribution in [0.4, 0.5) is 0 Å². The van der Waals surface area contributed by atoms with Gasteiger partial charge in [0, 0.05) is 35.9 Å². The van der Waals surface area contributed by atoms with Gasteiger partial charge in [0.05, 0.1) is 23.7 Å². The second kappa shape index (κ2) is 7.00. The number of hydrogen-bond donors (Lipinski definition) is 1. The van der Waals surface area contributed by atoms with Crippen molar-refractivity contribution in [1.82, 2.24) is 14.9 Å². The molecule has 0 bridgehead atoms. The first-order chi connectivity index (χ1) is 12.7. The summed E-state index contributed by atoms with van der Waals surface area (Å²) in [6.45, 7) is 1.41. The maximum absolute atomic E-state index is 13.0. The van der Waals surface area contributed by atoms with Crippen molar-refractivity contribution in [3.05, 3.63) is 58.9 Å². The summed E-state index contributed by atoms with van der Waals surface area (Å²) in [5.41, 5.74) is 3.64. The van der Waals surface area contributed by atoms with Crippen molar-refractivity contribution >= 4 is 28.5 Å². The first kappa shape index (κ1) is 16.9. The Labute approximate surface area is 156 Å². The van der Waals surface area contributed by atoms with Crippen LogP contribution < -0.4 is 4.74 Å². The first-order valence-corrected chi connectivity index (χ1v) is 9.10. The van der Waals surface area contributed by atoms with Gasteiger partial charge in [0.25, 0.3) is 5.91 Å². The fraction of sp³-hybridized carbons (Fsp3) is 0.300. The number of rotatable bonds is 3. The summed E-state index contributed by atoms with van der Waals surface area (Å²) in [6, 6.07) is 11.2. The zero-order chi connectivity index (χ0) is 18.1. The van der Waals surface area contributed by atoms with Gasteiger partial charge in [-0.05, 0) is 49.2 Å². The molecule has 0 aliphatic carbocycles. The lowest BCUT2D eigenvalue weighted by Gasteiger charge is -2.32. The maximum Gasteiger partial charge on any atom is 0.257 e. The van der Waals surface area contributed by atoms with Gasteiger partial charge in [-0.2, -0.15) is 0 Å². The molecule has 0 radical (unpaired) electrons. The largest absolute Gasteiger partial charge is 0.496 e. The minimum Gasteiger partial charge on any atom is -0.496 e. The van der Waals surface area contributed by atoms with E-state index in [9.17, 15) is 4.79 Å². The van der Waals surface area contributed by atoms with Crippen LogP contribution in [0.25, 0.3) is 11.0 Å². The van der Waals surface area contributed by atoms with Crippen molar-refractivity contribution in [3.8, 4) is 5.75 Å². The number of amides is 1. The predicted molar refractivity (Wildman–Crippen MR) is 102 cm³/mol. The SMILES string of the molecule is COc1ccc(Cl)cc1C(=O)N1CCC[C@@H](c2cc3ncccc3[nH]2)C1. The predicted octanol–water partition coefficient (Wildman–Crippen LogP) is 4.24. The Kier molecular flexibility index (Phi) is 4.55. The van der Waals surface area contributed by atoms with Gasteiger partial charge in [0.2, 0.25) is 0 Å². The Morgan fingerprint density at radius 1 is 1.35 bits per heavy atom. The number of pyridine rings is 1. The van der Waals surface area contributed by atoms with Crippen LogP contribution in [-0.2, 0) is 0 Å². The molecular weight excluding hydrogens is 350 g/mol. The number of methoxy groups -OCH3 is 1. The first-order valence-electron chi connectivity index (χ1n) is 8.72. The highest BCUT2D eigenvalue weighted by molar-refractivity contribution is 6.31. The van der Waals surface area contributed by atoms with Crippen molar-refractivity contribution in [2.75, 3.05) is 20.2 Å². The van der Waals surface area contributed by atoms with E-state index in [1.54, 1.807) is 31.5 Å². The van der Waals surface area contributed by atoms with E-state index in [2.05, 4.69) is 16.0 Å². The minimum absolute atomic E-state index is 0.0386. The number of H-pyrrole nitrogens is 1. The second-order valence-corrected chi connectivity index (χ2v) is 7.03.